The molecule has 1 fully saturated rings. The maximum Gasteiger partial charge on any atom is 0.347 e. The molecule has 0 unspecified atom stereocenters. The molecule has 0 saturated carbocycles. The molecule has 3 heterocycles. The lowest BCUT2D eigenvalue weighted by Gasteiger charge is -2.32. The Labute approximate surface area is 154 Å². The van der Waals surface area contributed by atoms with Gasteiger partial charge in [0.15, 0.2) is 5.65 Å². The van der Waals surface area contributed by atoms with Crippen LogP contribution in [-0.2, 0) is 6.54 Å². The molecule has 8 heteroatoms. The molecule has 0 atom stereocenters. The number of rotatable bonds is 4. The monoisotopic (exact) mass is 369 g/mol. The van der Waals surface area contributed by atoms with Crippen molar-refractivity contribution in [3.05, 3.63) is 70.0 Å². The number of fused-ring (bicyclic) bond motifs is 1. The first-order valence-electron chi connectivity index (χ1n) is 8.93. The number of aromatic amines is 1. The molecule has 1 aromatic carbocycles. The molecule has 1 aliphatic heterocycles. The zero-order chi connectivity index (χ0) is 18.8. The lowest BCUT2D eigenvalue weighted by molar-refractivity contribution is 0.0910. The summed E-state index contributed by atoms with van der Waals surface area (Å²) in [6.45, 7) is 2.49. The summed E-state index contributed by atoms with van der Waals surface area (Å²) in [5.41, 5.74) is 1.42. The van der Waals surface area contributed by atoms with Gasteiger partial charge < -0.3 is 5.32 Å². The molecule has 0 aliphatic carbocycles. The van der Waals surface area contributed by atoms with Crippen LogP contribution in [0.3, 0.4) is 0 Å². The third-order valence-corrected chi connectivity index (χ3v) is 4.93. The number of H-pyrrole nitrogens is 1. The van der Waals surface area contributed by atoms with Crippen molar-refractivity contribution in [3.8, 4) is 0 Å². The van der Waals surface area contributed by atoms with Gasteiger partial charge in [0.05, 0.1) is 5.56 Å². The molecule has 4 rings (SSSR count). The Bertz CT molecular complexity index is 1000. The third-order valence-electron chi connectivity index (χ3n) is 4.93. The van der Waals surface area contributed by atoms with Gasteiger partial charge in [0.2, 0.25) is 0 Å². The summed E-state index contributed by atoms with van der Waals surface area (Å²) >= 11 is 0. The molecule has 0 spiro atoms. The molecule has 27 heavy (non-hydrogen) atoms. The molecular weight excluding hydrogens is 349 g/mol. The minimum atomic E-state index is -0.367. The van der Waals surface area contributed by atoms with Gasteiger partial charge >= 0.3 is 5.69 Å². The van der Waals surface area contributed by atoms with E-state index in [0.29, 0.717) is 11.2 Å². The zero-order valence-corrected chi connectivity index (χ0v) is 14.7. The fraction of sp³-hybridized carbons (Fsp3) is 0.316. The summed E-state index contributed by atoms with van der Waals surface area (Å²) in [6.07, 6.45) is 3.25. The van der Waals surface area contributed by atoms with Gasteiger partial charge in [-0.1, -0.05) is 12.1 Å². The van der Waals surface area contributed by atoms with E-state index in [4.69, 9.17) is 0 Å². The van der Waals surface area contributed by atoms with E-state index >= 15 is 0 Å². The predicted octanol–water partition coefficient (Wildman–Crippen LogP) is 1.56. The fourth-order valence-electron chi connectivity index (χ4n) is 3.46. The molecule has 1 saturated heterocycles. The minimum Gasteiger partial charge on any atom is -0.349 e. The van der Waals surface area contributed by atoms with Crippen LogP contribution in [-0.4, -0.2) is 44.5 Å². The summed E-state index contributed by atoms with van der Waals surface area (Å²) in [4.78, 5) is 26.5. The Morgan fingerprint density at radius 3 is 2.70 bits per heavy atom. The Morgan fingerprint density at radius 2 is 1.96 bits per heavy atom. The summed E-state index contributed by atoms with van der Waals surface area (Å²) < 4.78 is 14.3. The van der Waals surface area contributed by atoms with Crippen LogP contribution in [0.25, 0.3) is 5.65 Å². The second-order valence-corrected chi connectivity index (χ2v) is 6.79. The van der Waals surface area contributed by atoms with E-state index in [9.17, 15) is 14.0 Å². The number of pyridine rings is 1. The van der Waals surface area contributed by atoms with Crippen molar-refractivity contribution >= 4 is 11.6 Å². The molecule has 140 valence electrons. The number of hydrogen-bond donors (Lipinski definition) is 2. The SMILES string of the molecule is O=C(NC1CCN(Cc2ccc(F)cc2)CC1)c1cccn2c(=O)[nH]nc12. The minimum absolute atomic E-state index is 0.0767. The first-order valence-corrected chi connectivity index (χ1v) is 8.93. The van der Waals surface area contributed by atoms with Gasteiger partial charge in [0.1, 0.15) is 5.82 Å². The number of piperidine rings is 1. The van der Waals surface area contributed by atoms with Gasteiger partial charge in [0, 0.05) is 31.9 Å². The number of likely N-dealkylation sites (tertiary alicyclic amines) is 1. The van der Waals surface area contributed by atoms with Crippen molar-refractivity contribution in [1.82, 2.24) is 24.8 Å². The standard InChI is InChI=1S/C19H20FN5O2/c20-14-5-3-13(4-6-14)12-24-10-7-15(8-11-24)21-18(26)16-2-1-9-25-17(16)22-23-19(25)27/h1-6,9,15H,7-8,10-12H2,(H,21,26)(H,23,27). The van der Waals surface area contributed by atoms with Crippen LogP contribution in [0.15, 0.2) is 47.4 Å². The van der Waals surface area contributed by atoms with Crippen LogP contribution in [0.5, 0.6) is 0 Å². The molecule has 3 aromatic rings. The molecule has 2 N–H and O–H groups in total. The average Bonchev–Trinajstić information content (AvgIpc) is 3.06. The molecular formula is C19H20FN5O2. The molecule has 1 amide bonds. The lowest BCUT2D eigenvalue weighted by Crippen LogP contribution is -2.44. The van der Waals surface area contributed by atoms with E-state index in [1.54, 1.807) is 30.5 Å². The molecule has 0 bridgehead atoms. The molecule has 1 aliphatic rings. The van der Waals surface area contributed by atoms with E-state index in [-0.39, 0.29) is 23.5 Å². The second kappa shape index (κ2) is 7.32. The van der Waals surface area contributed by atoms with Crippen molar-refractivity contribution in [1.29, 1.82) is 0 Å². The van der Waals surface area contributed by atoms with E-state index in [2.05, 4.69) is 20.4 Å². The number of benzene rings is 1. The van der Waals surface area contributed by atoms with Crippen molar-refractivity contribution in [2.75, 3.05) is 13.1 Å². The number of halogens is 1. The van der Waals surface area contributed by atoms with Crippen LogP contribution < -0.4 is 11.0 Å². The number of carbonyl (C=O) groups is 1. The van der Waals surface area contributed by atoms with E-state index in [1.807, 2.05) is 0 Å². The van der Waals surface area contributed by atoms with Crippen LogP contribution in [0, 0.1) is 5.82 Å². The zero-order valence-electron chi connectivity index (χ0n) is 14.7. The number of hydrogen-bond acceptors (Lipinski definition) is 4. The average molecular weight is 369 g/mol. The summed E-state index contributed by atoms with van der Waals surface area (Å²) in [5.74, 6) is -0.453. The normalized spacial score (nSPS) is 15.9. The van der Waals surface area contributed by atoms with Crippen LogP contribution in [0.1, 0.15) is 28.8 Å². The van der Waals surface area contributed by atoms with Crippen LogP contribution in [0.2, 0.25) is 0 Å². The van der Waals surface area contributed by atoms with Crippen molar-refractivity contribution in [3.63, 3.8) is 0 Å². The number of amides is 1. The number of nitrogens with zero attached hydrogens (tertiary/aromatic N) is 3. The van der Waals surface area contributed by atoms with Crippen molar-refractivity contribution in [2.45, 2.75) is 25.4 Å². The van der Waals surface area contributed by atoms with Gasteiger partial charge in [-0.05, 0) is 42.7 Å². The highest BCUT2D eigenvalue weighted by molar-refractivity contribution is 5.99. The Morgan fingerprint density at radius 1 is 1.22 bits per heavy atom. The van der Waals surface area contributed by atoms with Gasteiger partial charge in [-0.15, -0.1) is 0 Å². The van der Waals surface area contributed by atoms with Gasteiger partial charge in [-0.2, -0.15) is 5.10 Å². The van der Waals surface area contributed by atoms with Gasteiger partial charge in [0.25, 0.3) is 5.91 Å². The Hall–Kier alpha value is -3.00. The predicted molar refractivity (Wildman–Crippen MR) is 98.0 cm³/mol. The topological polar surface area (TPSA) is 82.5 Å². The first-order chi connectivity index (χ1) is 13.1. The highest BCUT2D eigenvalue weighted by Gasteiger charge is 2.22. The van der Waals surface area contributed by atoms with Crippen molar-refractivity contribution in [2.24, 2.45) is 0 Å². The highest BCUT2D eigenvalue weighted by atomic mass is 19.1. The van der Waals surface area contributed by atoms with E-state index in [1.165, 1.54) is 16.5 Å². The van der Waals surface area contributed by atoms with Gasteiger partial charge in [-0.3, -0.25) is 9.69 Å². The van der Waals surface area contributed by atoms with Gasteiger partial charge in [-0.25, -0.2) is 18.7 Å². The van der Waals surface area contributed by atoms with E-state index in [0.717, 1.165) is 38.0 Å². The highest BCUT2D eigenvalue weighted by Crippen LogP contribution is 2.15. The number of nitrogens with one attached hydrogen (secondary N) is 2. The van der Waals surface area contributed by atoms with Crippen molar-refractivity contribution < 1.29 is 9.18 Å². The Balaban J connectivity index is 1.35. The van der Waals surface area contributed by atoms with E-state index < -0.39 is 0 Å². The quantitative estimate of drug-likeness (QED) is 0.731. The number of carbonyl (C=O) groups excluding carboxylic acids is 1. The summed E-state index contributed by atoms with van der Waals surface area (Å²) in [5, 5.41) is 9.33. The maximum absolute atomic E-state index is 13.0. The number of aromatic nitrogens is 3. The summed E-state index contributed by atoms with van der Waals surface area (Å²) in [7, 11) is 0. The third kappa shape index (κ3) is 3.75. The molecule has 2 aromatic heterocycles. The smallest absolute Gasteiger partial charge is 0.347 e. The molecule has 0 radical (unpaired) electrons. The largest absolute Gasteiger partial charge is 0.349 e. The lowest BCUT2D eigenvalue weighted by atomic mass is 10.0. The second-order valence-electron chi connectivity index (χ2n) is 6.79. The Kier molecular flexibility index (Phi) is 4.72. The summed E-state index contributed by atoms with van der Waals surface area (Å²) in [6, 6.07) is 9.95. The van der Waals surface area contributed by atoms with Crippen LogP contribution in [0.4, 0.5) is 4.39 Å². The van der Waals surface area contributed by atoms with Crippen LogP contribution >= 0.6 is 0 Å². The molecule has 7 nitrogen and oxygen atoms in total. The fourth-order valence-corrected chi connectivity index (χ4v) is 3.46. The maximum atomic E-state index is 13.0. The first kappa shape index (κ1) is 17.4.